The first kappa shape index (κ1) is 33.5. The average molecular weight is 622 g/mol. The van der Waals surface area contributed by atoms with Gasteiger partial charge in [-0.05, 0) is 42.7 Å². The minimum absolute atomic E-state index is 0. The van der Waals surface area contributed by atoms with Gasteiger partial charge in [-0.25, -0.2) is 12.8 Å². The molecule has 2 N–H and O–H groups in total. The summed E-state index contributed by atoms with van der Waals surface area (Å²) >= 11 is 0. The molecule has 4 rings (SSSR count). The third-order valence-electron chi connectivity index (χ3n) is 6.10. The van der Waals surface area contributed by atoms with E-state index in [9.17, 15) is 26.0 Å². The summed E-state index contributed by atoms with van der Waals surface area (Å²) in [7, 11) is -2.03. The molecule has 1 aliphatic rings. The Morgan fingerprint density at radius 1 is 1.15 bits per heavy atom. The number of fused-ring (bicyclic) bond motifs is 1. The van der Waals surface area contributed by atoms with Crippen molar-refractivity contribution in [3.63, 3.8) is 0 Å². The number of nitrogens with zero attached hydrogens (tertiary/aromatic N) is 1. The van der Waals surface area contributed by atoms with Crippen molar-refractivity contribution in [3.05, 3.63) is 48.2 Å². The predicted octanol–water partition coefficient (Wildman–Crippen LogP) is 4.84. The molecule has 0 aliphatic carbocycles. The number of hydrogen-bond donors (Lipinski definition) is 2. The van der Waals surface area contributed by atoms with E-state index < -0.39 is 34.8 Å². The van der Waals surface area contributed by atoms with E-state index >= 15 is 0 Å². The predicted molar refractivity (Wildman–Crippen MR) is 158 cm³/mol. The molecule has 0 radical (unpaired) electrons. The summed E-state index contributed by atoms with van der Waals surface area (Å²) < 4.78 is 89.7. The van der Waals surface area contributed by atoms with Crippen LogP contribution in [0.5, 0.6) is 5.75 Å². The van der Waals surface area contributed by atoms with Crippen LogP contribution in [0.2, 0.25) is 0 Å². The summed E-state index contributed by atoms with van der Waals surface area (Å²) in [5, 5.41) is 6.63. The van der Waals surface area contributed by atoms with Crippen molar-refractivity contribution >= 4 is 59.1 Å². The standard InChI is InChI=1S/C26H27F4N3O4S.2H2S/c1-36-25-14-18(38(2,34)35)8-9-23(25)31-11-4-5-17-13-19-21(32-22-10-12-37-15-20(22)27)6-3-7-24(19)33(17)16-26(28,29)30;;/h3,6-9,13-14,20,22,31-32H,10-12,15-16H2,1-2H3;2*1H2/t20-,22+;;/m1../s1. The summed E-state index contributed by atoms with van der Waals surface area (Å²) in [5.41, 5.74) is 1.48. The fraction of sp³-hybridized carbons (Fsp3) is 0.385. The number of aromatic nitrogens is 1. The first-order chi connectivity index (χ1) is 18.0. The first-order valence-corrected chi connectivity index (χ1v) is 13.6. The minimum Gasteiger partial charge on any atom is -0.495 e. The maximum Gasteiger partial charge on any atom is 0.406 e. The van der Waals surface area contributed by atoms with Gasteiger partial charge in [-0.15, -0.1) is 0 Å². The molecular formula is C26H31F4N3O4S3. The zero-order valence-corrected chi connectivity index (χ0v) is 24.5. The number of ether oxygens (including phenoxy) is 2. The Morgan fingerprint density at radius 2 is 1.90 bits per heavy atom. The van der Waals surface area contributed by atoms with Gasteiger partial charge < -0.3 is 24.7 Å². The number of sulfone groups is 1. The van der Waals surface area contributed by atoms with E-state index in [4.69, 9.17) is 9.47 Å². The lowest BCUT2D eigenvalue weighted by Gasteiger charge is -2.28. The van der Waals surface area contributed by atoms with Crippen molar-refractivity contribution in [2.45, 2.75) is 36.3 Å². The smallest absolute Gasteiger partial charge is 0.406 e. The Hall–Kier alpha value is -2.73. The molecule has 40 heavy (non-hydrogen) atoms. The van der Waals surface area contributed by atoms with Crippen LogP contribution in [0.25, 0.3) is 10.9 Å². The third-order valence-corrected chi connectivity index (χ3v) is 7.21. The molecule has 0 spiro atoms. The normalized spacial score (nSPS) is 17.1. The van der Waals surface area contributed by atoms with Crippen molar-refractivity contribution in [2.24, 2.45) is 0 Å². The summed E-state index contributed by atoms with van der Waals surface area (Å²) in [4.78, 5) is 0.0897. The van der Waals surface area contributed by atoms with E-state index in [0.717, 1.165) is 10.8 Å². The second-order valence-electron chi connectivity index (χ2n) is 8.89. The number of rotatable bonds is 7. The molecular weight excluding hydrogens is 590 g/mol. The van der Waals surface area contributed by atoms with Crippen molar-refractivity contribution in [2.75, 3.05) is 43.8 Å². The fourth-order valence-corrected chi connectivity index (χ4v) is 4.89. The summed E-state index contributed by atoms with van der Waals surface area (Å²) in [6, 6.07) is 10.3. The van der Waals surface area contributed by atoms with Crippen LogP contribution in [0.15, 0.2) is 47.4 Å². The van der Waals surface area contributed by atoms with E-state index in [1.807, 2.05) is 0 Å². The number of nitrogens with one attached hydrogen (secondary N) is 2. The molecule has 2 heterocycles. The van der Waals surface area contributed by atoms with Crippen LogP contribution in [0, 0.1) is 11.8 Å². The highest BCUT2D eigenvalue weighted by molar-refractivity contribution is 7.90. The van der Waals surface area contributed by atoms with Crippen LogP contribution >= 0.6 is 27.0 Å². The molecule has 0 unspecified atom stereocenters. The first-order valence-electron chi connectivity index (χ1n) is 11.7. The molecule has 0 bridgehead atoms. The SMILES string of the molecule is COc1cc(S(C)(=O)=O)ccc1NCC#Cc1cc2c(N[C@H]3CCOC[C@H]3F)cccc2n1CC(F)(F)F.S.S. The zero-order chi connectivity index (χ0) is 27.5. The van der Waals surface area contributed by atoms with Gasteiger partial charge in [-0.3, -0.25) is 0 Å². The number of benzene rings is 2. The molecule has 2 aromatic carbocycles. The second kappa shape index (κ2) is 13.8. The van der Waals surface area contributed by atoms with Crippen LogP contribution in [-0.4, -0.2) is 64.5 Å². The van der Waals surface area contributed by atoms with E-state index in [-0.39, 0.29) is 56.5 Å². The van der Waals surface area contributed by atoms with Crippen LogP contribution in [-0.2, 0) is 21.1 Å². The molecule has 0 saturated carbocycles. The Kier molecular flexibility index (Phi) is 11.5. The highest BCUT2D eigenvalue weighted by Crippen LogP contribution is 2.32. The Balaban J connectivity index is 0.00000280. The molecule has 0 amide bonds. The quantitative estimate of drug-likeness (QED) is 0.290. The molecule has 2 atom stereocenters. The highest BCUT2D eigenvalue weighted by Gasteiger charge is 2.30. The lowest BCUT2D eigenvalue weighted by Crippen LogP contribution is -2.39. The van der Waals surface area contributed by atoms with Gasteiger partial charge in [-0.1, -0.05) is 12.0 Å². The number of anilines is 2. The number of alkyl halides is 4. The van der Waals surface area contributed by atoms with Crippen molar-refractivity contribution in [3.8, 4) is 17.6 Å². The molecule has 1 aliphatic heterocycles. The summed E-state index contributed by atoms with van der Waals surface area (Å²) in [6.07, 6.45) is -4.19. The molecule has 1 aromatic heterocycles. The van der Waals surface area contributed by atoms with Crippen LogP contribution in [0.4, 0.5) is 28.9 Å². The maximum atomic E-state index is 14.3. The molecule has 14 heteroatoms. The molecule has 1 saturated heterocycles. The van der Waals surface area contributed by atoms with E-state index in [1.54, 1.807) is 24.3 Å². The van der Waals surface area contributed by atoms with E-state index in [1.165, 1.54) is 25.3 Å². The highest BCUT2D eigenvalue weighted by atomic mass is 32.2. The van der Waals surface area contributed by atoms with Crippen LogP contribution in [0.1, 0.15) is 12.1 Å². The van der Waals surface area contributed by atoms with Gasteiger partial charge in [0.1, 0.15) is 18.5 Å². The fourth-order valence-electron chi connectivity index (χ4n) is 4.25. The average Bonchev–Trinajstić information content (AvgIpc) is 3.19. The molecule has 1 fully saturated rings. The Bertz CT molecular complexity index is 1480. The van der Waals surface area contributed by atoms with Crippen molar-refractivity contribution < 1.29 is 35.5 Å². The second-order valence-corrected chi connectivity index (χ2v) is 10.9. The van der Waals surface area contributed by atoms with Gasteiger partial charge in [0.25, 0.3) is 0 Å². The Morgan fingerprint density at radius 3 is 2.55 bits per heavy atom. The lowest BCUT2D eigenvalue weighted by molar-refractivity contribution is -0.140. The van der Waals surface area contributed by atoms with E-state index in [0.29, 0.717) is 35.3 Å². The third kappa shape index (κ3) is 8.15. The van der Waals surface area contributed by atoms with Gasteiger partial charge in [0.05, 0.1) is 48.1 Å². The Labute approximate surface area is 244 Å². The lowest BCUT2D eigenvalue weighted by atomic mass is 10.1. The monoisotopic (exact) mass is 621 g/mol. The summed E-state index contributed by atoms with van der Waals surface area (Å²) in [5.74, 6) is 5.91. The van der Waals surface area contributed by atoms with Gasteiger partial charge >= 0.3 is 6.18 Å². The van der Waals surface area contributed by atoms with E-state index in [2.05, 4.69) is 22.5 Å². The van der Waals surface area contributed by atoms with Crippen LogP contribution < -0.4 is 15.4 Å². The van der Waals surface area contributed by atoms with Crippen molar-refractivity contribution in [1.82, 2.24) is 4.57 Å². The van der Waals surface area contributed by atoms with Gasteiger partial charge in [-0.2, -0.15) is 40.2 Å². The number of hydrogen-bond acceptors (Lipinski definition) is 6. The largest absolute Gasteiger partial charge is 0.495 e. The topological polar surface area (TPSA) is 81.6 Å². The van der Waals surface area contributed by atoms with Gasteiger partial charge in [0, 0.05) is 30.0 Å². The minimum atomic E-state index is -4.48. The molecule has 3 aromatic rings. The van der Waals surface area contributed by atoms with Crippen LogP contribution in [0.3, 0.4) is 0 Å². The van der Waals surface area contributed by atoms with Gasteiger partial charge in [0.15, 0.2) is 9.84 Å². The number of halogens is 4. The summed E-state index contributed by atoms with van der Waals surface area (Å²) in [6.45, 7) is -0.817. The maximum absolute atomic E-state index is 14.3. The molecule has 7 nitrogen and oxygen atoms in total. The number of methoxy groups -OCH3 is 1. The van der Waals surface area contributed by atoms with Crippen molar-refractivity contribution in [1.29, 1.82) is 0 Å². The zero-order valence-electron chi connectivity index (χ0n) is 21.7. The van der Waals surface area contributed by atoms with Gasteiger partial charge in [0.2, 0.25) is 0 Å². The molecule has 220 valence electrons.